The van der Waals surface area contributed by atoms with E-state index in [9.17, 15) is 9.90 Å². The zero-order valence-electron chi connectivity index (χ0n) is 11.7. The molecule has 2 aromatic rings. The van der Waals surface area contributed by atoms with Crippen LogP contribution < -0.4 is 4.90 Å². The third-order valence-electron chi connectivity index (χ3n) is 3.98. The number of halogens is 1. The van der Waals surface area contributed by atoms with Gasteiger partial charge in [0.15, 0.2) is 0 Å². The Bertz CT molecular complexity index is 699. The number of para-hydroxylation sites is 2. The first-order valence-corrected chi connectivity index (χ1v) is 7.36. The third-order valence-corrected chi connectivity index (χ3v) is 4.29. The average molecular weight is 302 g/mol. The van der Waals surface area contributed by atoms with Crippen LogP contribution in [0.2, 0.25) is 5.02 Å². The molecule has 0 bridgehead atoms. The van der Waals surface area contributed by atoms with E-state index in [0.717, 1.165) is 18.5 Å². The van der Waals surface area contributed by atoms with Crippen LogP contribution in [-0.4, -0.2) is 17.1 Å². The van der Waals surface area contributed by atoms with Crippen molar-refractivity contribution < 1.29 is 9.90 Å². The van der Waals surface area contributed by atoms with Crippen molar-refractivity contribution in [1.82, 2.24) is 0 Å². The monoisotopic (exact) mass is 301 g/mol. The molecule has 0 fully saturated rings. The van der Waals surface area contributed by atoms with E-state index in [1.54, 1.807) is 18.2 Å². The van der Waals surface area contributed by atoms with E-state index in [0.29, 0.717) is 10.7 Å². The first-order valence-electron chi connectivity index (χ1n) is 6.98. The van der Waals surface area contributed by atoms with Gasteiger partial charge in [0, 0.05) is 11.7 Å². The lowest BCUT2D eigenvalue weighted by molar-refractivity contribution is 0.0697. The second kappa shape index (κ2) is 5.41. The van der Waals surface area contributed by atoms with Crippen LogP contribution in [0.15, 0.2) is 42.5 Å². The molecule has 1 unspecified atom stereocenters. The summed E-state index contributed by atoms with van der Waals surface area (Å²) < 4.78 is 0. The van der Waals surface area contributed by atoms with Gasteiger partial charge in [0.25, 0.3) is 0 Å². The van der Waals surface area contributed by atoms with Gasteiger partial charge in [-0.1, -0.05) is 35.9 Å². The number of fused-ring (bicyclic) bond motifs is 1. The number of nitrogens with zero attached hydrogens (tertiary/aromatic N) is 1. The summed E-state index contributed by atoms with van der Waals surface area (Å²) in [5.74, 6) is -0.956. The zero-order valence-corrected chi connectivity index (χ0v) is 12.5. The van der Waals surface area contributed by atoms with Crippen molar-refractivity contribution in [1.29, 1.82) is 0 Å². The minimum absolute atomic E-state index is 0.206. The smallest absolute Gasteiger partial charge is 0.337 e. The summed E-state index contributed by atoms with van der Waals surface area (Å²) in [5.41, 5.74) is 3.11. The lowest BCUT2D eigenvalue weighted by Gasteiger charge is -2.38. The maximum absolute atomic E-state index is 11.5. The number of anilines is 2. The highest BCUT2D eigenvalue weighted by Gasteiger charge is 2.28. The SMILES string of the molecule is CC1CCc2ccccc2N1c1c(Cl)cccc1C(=O)O. The molecule has 1 atom stereocenters. The van der Waals surface area contributed by atoms with E-state index >= 15 is 0 Å². The lowest BCUT2D eigenvalue weighted by atomic mass is 9.95. The van der Waals surface area contributed by atoms with E-state index in [2.05, 4.69) is 17.9 Å². The highest BCUT2D eigenvalue weighted by Crippen LogP contribution is 2.41. The first kappa shape index (κ1) is 14.0. The number of aryl methyl sites for hydroxylation is 1. The van der Waals surface area contributed by atoms with E-state index in [4.69, 9.17) is 11.6 Å². The summed E-state index contributed by atoms with van der Waals surface area (Å²) in [4.78, 5) is 13.6. The molecule has 0 saturated carbocycles. The molecule has 3 nitrogen and oxygen atoms in total. The molecule has 1 aliphatic rings. The molecule has 2 aromatic carbocycles. The van der Waals surface area contributed by atoms with Gasteiger partial charge in [-0.3, -0.25) is 0 Å². The van der Waals surface area contributed by atoms with Crippen LogP contribution in [0.3, 0.4) is 0 Å². The van der Waals surface area contributed by atoms with Crippen molar-refractivity contribution in [2.24, 2.45) is 0 Å². The molecule has 21 heavy (non-hydrogen) atoms. The number of benzene rings is 2. The molecule has 3 rings (SSSR count). The molecule has 0 spiro atoms. The summed E-state index contributed by atoms with van der Waals surface area (Å²) in [6.07, 6.45) is 1.97. The normalized spacial score (nSPS) is 17.4. The average Bonchev–Trinajstić information content (AvgIpc) is 2.47. The Labute approximate surface area is 128 Å². The summed E-state index contributed by atoms with van der Waals surface area (Å²) in [5, 5.41) is 9.94. The highest BCUT2D eigenvalue weighted by molar-refractivity contribution is 6.34. The maximum Gasteiger partial charge on any atom is 0.337 e. The van der Waals surface area contributed by atoms with Crippen LogP contribution in [0.4, 0.5) is 11.4 Å². The Morgan fingerprint density at radius 3 is 2.76 bits per heavy atom. The predicted molar refractivity (Wildman–Crippen MR) is 84.8 cm³/mol. The van der Waals surface area contributed by atoms with Crippen molar-refractivity contribution in [2.45, 2.75) is 25.8 Å². The molecule has 1 heterocycles. The number of carbonyl (C=O) groups is 1. The minimum atomic E-state index is -0.956. The number of hydrogen-bond donors (Lipinski definition) is 1. The number of carboxylic acids is 1. The van der Waals surface area contributed by atoms with Gasteiger partial charge >= 0.3 is 5.97 Å². The van der Waals surface area contributed by atoms with Gasteiger partial charge in [-0.2, -0.15) is 0 Å². The summed E-state index contributed by atoms with van der Waals surface area (Å²) in [7, 11) is 0. The predicted octanol–water partition coefficient (Wildman–Crippen LogP) is 4.51. The summed E-state index contributed by atoms with van der Waals surface area (Å²) in [6, 6.07) is 13.3. The second-order valence-corrected chi connectivity index (χ2v) is 5.73. The van der Waals surface area contributed by atoms with Crippen molar-refractivity contribution in [3.8, 4) is 0 Å². The largest absolute Gasteiger partial charge is 0.478 e. The van der Waals surface area contributed by atoms with Crippen molar-refractivity contribution in [3.63, 3.8) is 0 Å². The molecule has 108 valence electrons. The van der Waals surface area contributed by atoms with Gasteiger partial charge in [-0.05, 0) is 43.5 Å². The molecule has 1 aliphatic heterocycles. The van der Waals surface area contributed by atoms with Gasteiger partial charge in [0.05, 0.1) is 16.3 Å². The second-order valence-electron chi connectivity index (χ2n) is 5.33. The Kier molecular flexibility index (Phi) is 3.60. The van der Waals surface area contributed by atoms with Gasteiger partial charge in [-0.25, -0.2) is 4.79 Å². The fourth-order valence-electron chi connectivity index (χ4n) is 2.96. The first-order chi connectivity index (χ1) is 10.1. The van der Waals surface area contributed by atoms with E-state index in [1.807, 2.05) is 18.2 Å². The zero-order chi connectivity index (χ0) is 15.0. The van der Waals surface area contributed by atoms with Crippen molar-refractivity contribution >= 4 is 28.9 Å². The third kappa shape index (κ3) is 2.38. The molecule has 0 saturated heterocycles. The number of rotatable bonds is 2. The van der Waals surface area contributed by atoms with Crippen molar-refractivity contribution in [2.75, 3.05) is 4.90 Å². The molecule has 0 aliphatic carbocycles. The maximum atomic E-state index is 11.5. The van der Waals surface area contributed by atoms with Crippen LogP contribution in [0.1, 0.15) is 29.3 Å². The number of aromatic carboxylic acids is 1. The highest BCUT2D eigenvalue weighted by atomic mass is 35.5. The van der Waals surface area contributed by atoms with Gasteiger partial charge in [0.2, 0.25) is 0 Å². The quantitative estimate of drug-likeness (QED) is 0.887. The van der Waals surface area contributed by atoms with Crippen LogP contribution >= 0.6 is 11.6 Å². The molecule has 4 heteroatoms. The van der Waals surface area contributed by atoms with Crippen LogP contribution in [-0.2, 0) is 6.42 Å². The van der Waals surface area contributed by atoms with Crippen LogP contribution in [0.25, 0.3) is 0 Å². The van der Waals surface area contributed by atoms with Gasteiger partial charge in [-0.15, -0.1) is 0 Å². The Balaban J connectivity index is 2.23. The molecule has 0 radical (unpaired) electrons. The standard InChI is InChI=1S/C17H16ClNO2/c1-11-9-10-12-5-2-3-8-15(12)19(11)16-13(17(20)21)6-4-7-14(16)18/h2-8,11H,9-10H2,1H3,(H,20,21). The molecule has 1 N–H and O–H groups in total. The Morgan fingerprint density at radius 1 is 1.24 bits per heavy atom. The Hall–Kier alpha value is -2.00. The molecular formula is C17H16ClNO2. The minimum Gasteiger partial charge on any atom is -0.478 e. The van der Waals surface area contributed by atoms with E-state index in [1.165, 1.54) is 5.56 Å². The van der Waals surface area contributed by atoms with Crippen LogP contribution in [0.5, 0.6) is 0 Å². The fraction of sp³-hybridized carbons (Fsp3) is 0.235. The van der Waals surface area contributed by atoms with E-state index < -0.39 is 5.97 Å². The Morgan fingerprint density at radius 2 is 2.00 bits per heavy atom. The topological polar surface area (TPSA) is 40.5 Å². The van der Waals surface area contributed by atoms with Gasteiger partial charge < -0.3 is 10.0 Å². The van der Waals surface area contributed by atoms with E-state index in [-0.39, 0.29) is 11.6 Å². The summed E-state index contributed by atoms with van der Waals surface area (Å²) >= 11 is 6.33. The van der Waals surface area contributed by atoms with Crippen molar-refractivity contribution in [3.05, 3.63) is 58.6 Å². The number of carboxylic acid groups (broad SMARTS) is 1. The van der Waals surface area contributed by atoms with Gasteiger partial charge in [0.1, 0.15) is 0 Å². The molecular weight excluding hydrogens is 286 g/mol. The lowest BCUT2D eigenvalue weighted by Crippen LogP contribution is -2.34. The number of hydrogen-bond acceptors (Lipinski definition) is 2. The molecule has 0 aromatic heterocycles. The molecule has 0 amide bonds. The van der Waals surface area contributed by atoms with Crippen LogP contribution in [0, 0.1) is 0 Å². The fourth-order valence-corrected chi connectivity index (χ4v) is 3.23. The summed E-state index contributed by atoms with van der Waals surface area (Å²) in [6.45, 7) is 2.10.